The van der Waals surface area contributed by atoms with Crippen molar-refractivity contribution in [1.29, 1.82) is 0 Å². The topological polar surface area (TPSA) is 66.0 Å². The molecule has 0 unspecified atom stereocenters. The molecule has 0 atom stereocenters. The molecule has 0 bridgehead atoms. The van der Waals surface area contributed by atoms with E-state index in [1.54, 1.807) is 6.20 Å². The predicted octanol–water partition coefficient (Wildman–Crippen LogP) is 4.88. The average molecular weight is 374 g/mol. The van der Waals surface area contributed by atoms with Crippen molar-refractivity contribution < 1.29 is 0 Å². The number of anilines is 5. The number of aromatic nitrogens is 3. The van der Waals surface area contributed by atoms with Gasteiger partial charge in [0.2, 0.25) is 5.95 Å². The minimum absolute atomic E-state index is 0.480. The molecule has 0 saturated carbocycles. The molecular formula is C22H26N6. The van der Waals surface area contributed by atoms with Crippen LogP contribution in [0.2, 0.25) is 0 Å². The van der Waals surface area contributed by atoms with Crippen LogP contribution in [0, 0.1) is 20.8 Å². The highest BCUT2D eigenvalue weighted by Gasteiger charge is 2.12. The Kier molecular flexibility index (Phi) is 5.10. The first-order valence-electron chi connectivity index (χ1n) is 9.75. The summed E-state index contributed by atoms with van der Waals surface area (Å²) in [6.45, 7) is 8.56. The van der Waals surface area contributed by atoms with Crippen LogP contribution in [-0.2, 0) is 0 Å². The highest BCUT2D eigenvalue weighted by molar-refractivity contribution is 5.65. The van der Waals surface area contributed by atoms with Gasteiger partial charge in [0.15, 0.2) is 5.82 Å². The van der Waals surface area contributed by atoms with Crippen molar-refractivity contribution in [3.8, 4) is 0 Å². The number of hydrogen-bond acceptors (Lipinski definition) is 6. The molecule has 0 amide bonds. The van der Waals surface area contributed by atoms with E-state index in [0.29, 0.717) is 11.8 Å². The molecule has 0 radical (unpaired) electrons. The second kappa shape index (κ2) is 7.84. The van der Waals surface area contributed by atoms with Gasteiger partial charge >= 0.3 is 0 Å². The summed E-state index contributed by atoms with van der Waals surface area (Å²) in [4.78, 5) is 6.98. The van der Waals surface area contributed by atoms with E-state index >= 15 is 0 Å². The largest absolute Gasteiger partial charge is 0.372 e. The number of hydrogen-bond donors (Lipinski definition) is 2. The first kappa shape index (κ1) is 18.2. The zero-order valence-corrected chi connectivity index (χ0v) is 16.7. The Hall–Kier alpha value is -3.15. The van der Waals surface area contributed by atoms with Crippen molar-refractivity contribution in [2.75, 3.05) is 28.6 Å². The normalized spacial score (nSPS) is 13.6. The van der Waals surface area contributed by atoms with Crippen LogP contribution < -0.4 is 15.5 Å². The molecule has 2 aromatic carbocycles. The van der Waals surface area contributed by atoms with Crippen molar-refractivity contribution in [2.24, 2.45) is 0 Å². The standard InChI is InChI=1S/C22H26N6/c1-15-12-16(2)21(17(3)13-15)26-22-25-20(14-23-27-22)24-18-6-8-19(9-7-18)28-10-4-5-11-28/h6-9,12-14H,4-5,10-11H2,1-3H3,(H2,24,25,26,27). The summed E-state index contributed by atoms with van der Waals surface area (Å²) in [6.07, 6.45) is 4.19. The van der Waals surface area contributed by atoms with Crippen molar-refractivity contribution in [3.05, 3.63) is 59.3 Å². The number of nitrogens with zero attached hydrogens (tertiary/aromatic N) is 4. The summed E-state index contributed by atoms with van der Waals surface area (Å²) in [5.74, 6) is 1.14. The molecule has 1 saturated heterocycles. The van der Waals surface area contributed by atoms with E-state index < -0.39 is 0 Å². The fourth-order valence-corrected chi connectivity index (χ4v) is 3.78. The molecule has 6 nitrogen and oxygen atoms in total. The Morgan fingerprint density at radius 2 is 1.57 bits per heavy atom. The van der Waals surface area contributed by atoms with Crippen LogP contribution in [0.15, 0.2) is 42.6 Å². The summed E-state index contributed by atoms with van der Waals surface area (Å²) < 4.78 is 0. The highest BCUT2D eigenvalue weighted by Crippen LogP contribution is 2.26. The van der Waals surface area contributed by atoms with Gasteiger partial charge in [-0.1, -0.05) is 17.7 Å². The summed E-state index contributed by atoms with van der Waals surface area (Å²) in [5.41, 5.74) is 6.86. The van der Waals surface area contributed by atoms with Crippen molar-refractivity contribution in [1.82, 2.24) is 15.2 Å². The first-order valence-corrected chi connectivity index (χ1v) is 9.75. The van der Waals surface area contributed by atoms with Crippen LogP contribution in [0.1, 0.15) is 29.5 Å². The maximum atomic E-state index is 4.56. The van der Waals surface area contributed by atoms with Crippen molar-refractivity contribution in [3.63, 3.8) is 0 Å². The van der Waals surface area contributed by atoms with Crippen LogP contribution in [0.3, 0.4) is 0 Å². The van der Waals surface area contributed by atoms with Gasteiger partial charge in [-0.2, -0.15) is 10.1 Å². The van der Waals surface area contributed by atoms with E-state index in [2.05, 4.69) is 87.9 Å². The van der Waals surface area contributed by atoms with Crippen LogP contribution in [0.4, 0.5) is 28.8 Å². The van der Waals surface area contributed by atoms with Crippen molar-refractivity contribution in [2.45, 2.75) is 33.6 Å². The lowest BCUT2D eigenvalue weighted by atomic mass is 10.1. The molecule has 3 aromatic rings. The summed E-state index contributed by atoms with van der Waals surface area (Å²) in [5, 5.41) is 14.8. The van der Waals surface area contributed by atoms with Gasteiger partial charge in [-0.3, -0.25) is 0 Å². The van der Waals surface area contributed by atoms with Gasteiger partial charge in [0, 0.05) is 30.2 Å². The number of nitrogens with one attached hydrogen (secondary N) is 2. The van der Waals surface area contributed by atoms with Gasteiger partial charge in [-0.15, -0.1) is 5.10 Å². The zero-order chi connectivity index (χ0) is 19.5. The maximum absolute atomic E-state index is 4.56. The maximum Gasteiger partial charge on any atom is 0.249 e. The second-order valence-corrected chi connectivity index (χ2v) is 7.43. The van der Waals surface area contributed by atoms with E-state index in [1.807, 2.05) is 0 Å². The van der Waals surface area contributed by atoms with E-state index in [-0.39, 0.29) is 0 Å². The fourth-order valence-electron chi connectivity index (χ4n) is 3.78. The number of benzene rings is 2. The van der Waals surface area contributed by atoms with Gasteiger partial charge < -0.3 is 15.5 Å². The fraction of sp³-hybridized carbons (Fsp3) is 0.318. The molecular weight excluding hydrogens is 348 g/mol. The van der Waals surface area contributed by atoms with E-state index in [9.17, 15) is 0 Å². The van der Waals surface area contributed by atoms with Gasteiger partial charge in [0.25, 0.3) is 0 Å². The third kappa shape index (κ3) is 4.06. The molecule has 28 heavy (non-hydrogen) atoms. The first-order chi connectivity index (χ1) is 13.6. The molecule has 144 valence electrons. The quantitative estimate of drug-likeness (QED) is 0.663. The molecule has 4 rings (SSSR count). The molecule has 1 aliphatic rings. The van der Waals surface area contributed by atoms with Gasteiger partial charge in [-0.05, 0) is 69.0 Å². The molecule has 0 aliphatic carbocycles. The SMILES string of the molecule is Cc1cc(C)c(Nc2nncc(Nc3ccc(N4CCCC4)cc3)n2)c(C)c1. The highest BCUT2D eigenvalue weighted by atomic mass is 15.3. The molecule has 2 heterocycles. The molecule has 2 N–H and O–H groups in total. The lowest BCUT2D eigenvalue weighted by molar-refractivity contribution is 0.949. The van der Waals surface area contributed by atoms with E-state index in [0.717, 1.165) is 35.6 Å². The third-order valence-electron chi connectivity index (χ3n) is 5.08. The van der Waals surface area contributed by atoms with Crippen LogP contribution in [0.5, 0.6) is 0 Å². The Balaban J connectivity index is 1.48. The molecule has 1 fully saturated rings. The van der Waals surface area contributed by atoms with Crippen LogP contribution in [0.25, 0.3) is 0 Å². The zero-order valence-electron chi connectivity index (χ0n) is 16.7. The lowest BCUT2D eigenvalue weighted by Gasteiger charge is -2.18. The third-order valence-corrected chi connectivity index (χ3v) is 5.08. The average Bonchev–Trinajstić information content (AvgIpc) is 3.20. The smallest absolute Gasteiger partial charge is 0.249 e. The molecule has 1 aliphatic heterocycles. The summed E-state index contributed by atoms with van der Waals surface area (Å²) in [7, 11) is 0. The predicted molar refractivity (Wildman–Crippen MR) is 115 cm³/mol. The Morgan fingerprint density at radius 3 is 2.25 bits per heavy atom. The molecule has 0 spiro atoms. The van der Waals surface area contributed by atoms with Gasteiger partial charge in [0.1, 0.15) is 0 Å². The lowest BCUT2D eigenvalue weighted by Crippen LogP contribution is -2.17. The van der Waals surface area contributed by atoms with Gasteiger partial charge in [0.05, 0.1) is 6.20 Å². The Morgan fingerprint density at radius 1 is 0.893 bits per heavy atom. The Labute approximate surface area is 166 Å². The molecule has 6 heteroatoms. The summed E-state index contributed by atoms with van der Waals surface area (Å²) >= 11 is 0. The number of aryl methyl sites for hydroxylation is 3. The van der Waals surface area contributed by atoms with Crippen LogP contribution >= 0.6 is 0 Å². The monoisotopic (exact) mass is 374 g/mol. The minimum atomic E-state index is 0.480. The molecule has 1 aromatic heterocycles. The second-order valence-electron chi connectivity index (χ2n) is 7.43. The minimum Gasteiger partial charge on any atom is -0.372 e. The van der Waals surface area contributed by atoms with Gasteiger partial charge in [-0.25, -0.2) is 0 Å². The van der Waals surface area contributed by atoms with E-state index in [1.165, 1.54) is 24.1 Å². The van der Waals surface area contributed by atoms with Crippen molar-refractivity contribution >= 4 is 28.8 Å². The summed E-state index contributed by atoms with van der Waals surface area (Å²) in [6, 6.07) is 12.8. The van der Waals surface area contributed by atoms with Crippen LogP contribution in [-0.4, -0.2) is 28.3 Å². The van der Waals surface area contributed by atoms with E-state index in [4.69, 9.17) is 0 Å². The number of rotatable bonds is 5. The Bertz CT molecular complexity index is 938.